The van der Waals surface area contributed by atoms with E-state index in [0.717, 1.165) is 10.2 Å². The maximum atomic E-state index is 12.7. The number of aryl methyl sites for hydroxylation is 1. The number of thiazole rings is 1. The summed E-state index contributed by atoms with van der Waals surface area (Å²) >= 11 is 7.22. The summed E-state index contributed by atoms with van der Waals surface area (Å²) in [7, 11) is 0. The molecular weight excluding hydrogens is 406 g/mol. The largest absolute Gasteiger partial charge is 0.486 e. The molecule has 4 rings (SSSR count). The van der Waals surface area contributed by atoms with Gasteiger partial charge in [0.15, 0.2) is 16.3 Å². The van der Waals surface area contributed by atoms with E-state index in [2.05, 4.69) is 4.99 Å². The van der Waals surface area contributed by atoms with Crippen molar-refractivity contribution in [2.45, 2.75) is 13.5 Å². The van der Waals surface area contributed by atoms with E-state index in [1.165, 1.54) is 29.5 Å². The Kier molecular flexibility index (Phi) is 4.78. The highest BCUT2D eigenvalue weighted by atomic mass is 35.5. The first-order chi connectivity index (χ1) is 13.5. The smallest absolute Gasteiger partial charge is 0.286 e. The molecule has 2 heterocycles. The summed E-state index contributed by atoms with van der Waals surface area (Å²) in [6, 6.07) is 7.54. The zero-order valence-electron chi connectivity index (χ0n) is 14.7. The number of nitrogens with zero attached hydrogens (tertiary/aromatic N) is 3. The van der Waals surface area contributed by atoms with Crippen LogP contribution in [0.3, 0.4) is 0 Å². The maximum Gasteiger partial charge on any atom is 0.286 e. The van der Waals surface area contributed by atoms with Gasteiger partial charge in [-0.3, -0.25) is 14.9 Å². The van der Waals surface area contributed by atoms with E-state index in [0.29, 0.717) is 36.1 Å². The molecule has 0 N–H and O–H groups in total. The van der Waals surface area contributed by atoms with Crippen LogP contribution in [-0.4, -0.2) is 28.6 Å². The highest BCUT2D eigenvalue weighted by Gasteiger charge is 2.21. The van der Waals surface area contributed by atoms with E-state index in [-0.39, 0.29) is 16.3 Å². The first-order valence-electron chi connectivity index (χ1n) is 8.44. The number of benzene rings is 2. The van der Waals surface area contributed by atoms with Crippen molar-refractivity contribution in [3.63, 3.8) is 0 Å². The maximum absolute atomic E-state index is 12.7. The molecule has 0 atom stereocenters. The summed E-state index contributed by atoms with van der Waals surface area (Å²) in [5.74, 6) is 0.564. The molecule has 1 aromatic heterocycles. The fourth-order valence-corrected chi connectivity index (χ4v) is 4.26. The van der Waals surface area contributed by atoms with E-state index >= 15 is 0 Å². The summed E-state index contributed by atoms with van der Waals surface area (Å²) in [6.45, 7) is 3.44. The SMILES string of the molecule is CCn1c(=NC(=O)c2cc(Cl)ccc2[N+](=O)[O-])sc2cc3c(cc21)OCCO3. The average Bonchev–Trinajstić information content (AvgIpc) is 3.01. The van der Waals surface area contributed by atoms with Crippen LogP contribution >= 0.6 is 22.9 Å². The number of ether oxygens (including phenoxy) is 2. The van der Waals surface area contributed by atoms with Crippen LogP contribution in [0.5, 0.6) is 11.5 Å². The van der Waals surface area contributed by atoms with E-state index in [4.69, 9.17) is 21.1 Å². The molecule has 3 aromatic rings. The Hall–Kier alpha value is -2.91. The third-order valence-corrected chi connectivity index (χ3v) is 5.52. The van der Waals surface area contributed by atoms with Crippen molar-refractivity contribution in [1.82, 2.24) is 4.57 Å². The predicted octanol–water partition coefficient (Wildman–Crippen LogP) is 3.80. The van der Waals surface area contributed by atoms with Gasteiger partial charge in [0.25, 0.3) is 11.6 Å². The van der Waals surface area contributed by atoms with Gasteiger partial charge in [0, 0.05) is 29.8 Å². The molecule has 2 aromatic carbocycles. The van der Waals surface area contributed by atoms with E-state index in [1.807, 2.05) is 23.6 Å². The van der Waals surface area contributed by atoms with Crippen LogP contribution in [0, 0.1) is 10.1 Å². The molecule has 1 aliphatic rings. The van der Waals surface area contributed by atoms with Gasteiger partial charge >= 0.3 is 0 Å². The van der Waals surface area contributed by atoms with Crippen LogP contribution in [0.2, 0.25) is 5.02 Å². The molecule has 1 aliphatic heterocycles. The summed E-state index contributed by atoms with van der Waals surface area (Å²) < 4.78 is 14.0. The Morgan fingerprint density at radius 3 is 2.68 bits per heavy atom. The highest BCUT2D eigenvalue weighted by molar-refractivity contribution is 7.16. The van der Waals surface area contributed by atoms with Gasteiger partial charge in [0.05, 0.1) is 15.1 Å². The fourth-order valence-electron chi connectivity index (χ4n) is 2.98. The van der Waals surface area contributed by atoms with Gasteiger partial charge in [0.1, 0.15) is 18.8 Å². The van der Waals surface area contributed by atoms with Gasteiger partial charge < -0.3 is 14.0 Å². The second-order valence-corrected chi connectivity index (χ2v) is 7.37. The normalized spacial score (nSPS) is 13.7. The van der Waals surface area contributed by atoms with E-state index in [9.17, 15) is 14.9 Å². The van der Waals surface area contributed by atoms with Crippen LogP contribution in [0.1, 0.15) is 17.3 Å². The van der Waals surface area contributed by atoms with Crippen molar-refractivity contribution in [3.8, 4) is 11.5 Å². The molecule has 0 aliphatic carbocycles. The molecule has 0 spiro atoms. The van der Waals surface area contributed by atoms with E-state index < -0.39 is 10.8 Å². The molecular formula is C18H14ClN3O5S. The number of hydrogen-bond donors (Lipinski definition) is 0. The van der Waals surface area contributed by atoms with Crippen LogP contribution < -0.4 is 14.3 Å². The first kappa shape index (κ1) is 18.5. The lowest BCUT2D eigenvalue weighted by Gasteiger charge is -2.18. The van der Waals surface area contributed by atoms with Gasteiger partial charge in [-0.25, -0.2) is 0 Å². The van der Waals surface area contributed by atoms with Crippen LogP contribution in [-0.2, 0) is 6.54 Å². The van der Waals surface area contributed by atoms with Gasteiger partial charge in [-0.05, 0) is 19.1 Å². The molecule has 0 saturated carbocycles. The Morgan fingerprint density at radius 1 is 1.29 bits per heavy atom. The summed E-state index contributed by atoms with van der Waals surface area (Å²) in [6.07, 6.45) is 0. The molecule has 1 amide bonds. The number of nitro benzene ring substituents is 1. The first-order valence-corrected chi connectivity index (χ1v) is 9.63. The molecule has 8 nitrogen and oxygen atoms in total. The summed E-state index contributed by atoms with van der Waals surface area (Å²) in [5, 5.41) is 11.5. The number of aromatic nitrogens is 1. The zero-order chi connectivity index (χ0) is 19.8. The molecule has 28 heavy (non-hydrogen) atoms. The molecule has 0 unspecified atom stereocenters. The monoisotopic (exact) mass is 419 g/mol. The molecule has 0 saturated heterocycles. The van der Waals surface area contributed by atoms with Crippen LogP contribution in [0.15, 0.2) is 35.3 Å². The minimum Gasteiger partial charge on any atom is -0.486 e. The van der Waals surface area contributed by atoms with Crippen molar-refractivity contribution < 1.29 is 19.2 Å². The number of halogens is 1. The van der Waals surface area contributed by atoms with Crippen LogP contribution in [0.25, 0.3) is 10.2 Å². The fraction of sp³-hybridized carbons (Fsp3) is 0.222. The number of fused-ring (bicyclic) bond motifs is 2. The quantitative estimate of drug-likeness (QED) is 0.475. The van der Waals surface area contributed by atoms with Crippen molar-refractivity contribution in [1.29, 1.82) is 0 Å². The van der Waals surface area contributed by atoms with Crippen molar-refractivity contribution >= 4 is 44.7 Å². The summed E-state index contributed by atoms with van der Waals surface area (Å²) in [4.78, 5) is 27.9. The van der Waals surface area contributed by atoms with Gasteiger partial charge in [-0.1, -0.05) is 22.9 Å². The Bertz CT molecular complexity index is 1180. The lowest BCUT2D eigenvalue weighted by molar-refractivity contribution is -0.385. The van der Waals surface area contributed by atoms with Gasteiger partial charge in [-0.15, -0.1) is 0 Å². The Morgan fingerprint density at radius 2 is 2.00 bits per heavy atom. The van der Waals surface area contributed by atoms with Crippen molar-refractivity contribution in [3.05, 3.63) is 55.8 Å². The number of carbonyl (C=O) groups excluding carboxylic acids is 1. The molecule has 0 bridgehead atoms. The molecule has 144 valence electrons. The lowest BCUT2D eigenvalue weighted by atomic mass is 10.2. The zero-order valence-corrected chi connectivity index (χ0v) is 16.2. The topological polar surface area (TPSA) is 96.0 Å². The minimum absolute atomic E-state index is 0.149. The number of amides is 1. The van der Waals surface area contributed by atoms with Gasteiger partial charge in [-0.2, -0.15) is 4.99 Å². The number of rotatable bonds is 3. The van der Waals surface area contributed by atoms with Gasteiger partial charge in [0.2, 0.25) is 0 Å². The standard InChI is InChI=1S/C18H14ClN3O5S/c1-2-21-13-8-14-15(27-6-5-26-14)9-16(13)28-18(21)20-17(23)11-7-10(19)3-4-12(11)22(24)25/h3-4,7-9H,2,5-6H2,1H3. The Labute approximate surface area is 167 Å². The third-order valence-electron chi connectivity index (χ3n) is 4.25. The number of hydrogen-bond acceptors (Lipinski definition) is 6. The minimum atomic E-state index is -0.722. The molecule has 0 radical (unpaired) electrons. The summed E-state index contributed by atoms with van der Waals surface area (Å²) in [5.41, 5.74) is 0.368. The molecule has 0 fully saturated rings. The lowest BCUT2D eigenvalue weighted by Crippen LogP contribution is -2.17. The highest BCUT2D eigenvalue weighted by Crippen LogP contribution is 2.35. The van der Waals surface area contributed by atoms with E-state index in [1.54, 1.807) is 0 Å². The second-order valence-electron chi connectivity index (χ2n) is 5.93. The van der Waals surface area contributed by atoms with Crippen molar-refractivity contribution in [2.24, 2.45) is 4.99 Å². The third kappa shape index (κ3) is 3.23. The molecule has 10 heteroatoms. The Balaban J connectivity index is 1.87. The average molecular weight is 420 g/mol. The predicted molar refractivity (Wildman–Crippen MR) is 104 cm³/mol. The second kappa shape index (κ2) is 7.25. The number of nitro groups is 1. The van der Waals surface area contributed by atoms with Crippen LogP contribution in [0.4, 0.5) is 5.69 Å². The van der Waals surface area contributed by atoms with Crippen molar-refractivity contribution in [2.75, 3.05) is 13.2 Å². The number of carbonyl (C=O) groups is 1.